The molecule has 0 aliphatic rings. The van der Waals surface area contributed by atoms with Crippen molar-refractivity contribution in [1.82, 2.24) is 9.13 Å². The third-order valence-corrected chi connectivity index (χ3v) is 3.60. The fraction of sp³-hybridized carbons (Fsp3) is 0.429. The van der Waals surface area contributed by atoms with Gasteiger partial charge in [0.25, 0.3) is 0 Å². The first kappa shape index (κ1) is 15.7. The van der Waals surface area contributed by atoms with Gasteiger partial charge in [-0.15, -0.1) is 0 Å². The molecule has 0 saturated heterocycles. The summed E-state index contributed by atoms with van der Waals surface area (Å²) >= 11 is 0. The average Bonchev–Trinajstić information content (AvgIpc) is 2.84. The molecule has 2 aromatic heterocycles. The lowest BCUT2D eigenvalue weighted by atomic mass is 10.1. The highest BCUT2D eigenvalue weighted by Gasteiger charge is 2.27. The van der Waals surface area contributed by atoms with Crippen LogP contribution in [0.1, 0.15) is 38.8 Å². The minimum atomic E-state index is -0.909. The molecule has 0 spiro atoms. The lowest BCUT2D eigenvalue weighted by molar-refractivity contribution is 0.247. The number of aromatic nitrogens is 2. The highest BCUT2D eigenvalue weighted by Crippen LogP contribution is 2.44. The molecule has 6 N–H and O–H groups in total. The Morgan fingerprint density at radius 3 is 1.59 bits per heavy atom. The van der Waals surface area contributed by atoms with Crippen molar-refractivity contribution >= 4 is 0 Å². The van der Waals surface area contributed by atoms with Gasteiger partial charge in [-0.25, -0.2) is 0 Å². The zero-order chi connectivity index (χ0) is 16.4. The lowest BCUT2D eigenvalue weighted by Gasteiger charge is -2.23. The summed E-state index contributed by atoms with van der Waals surface area (Å²) in [5, 5.41) is 58.6. The average molecular weight is 312 g/mol. The van der Waals surface area contributed by atoms with E-state index in [4.69, 9.17) is 0 Å². The van der Waals surface area contributed by atoms with E-state index in [9.17, 15) is 30.6 Å². The molecular weight excluding hydrogens is 292 g/mol. The van der Waals surface area contributed by atoms with Crippen molar-refractivity contribution in [3.63, 3.8) is 0 Å². The number of hydrogen-bond acceptors (Lipinski definition) is 6. The summed E-state index contributed by atoms with van der Waals surface area (Å²) in [5.74, 6) is -3.08. The van der Waals surface area contributed by atoms with E-state index in [0.29, 0.717) is 12.8 Å². The highest BCUT2D eigenvalue weighted by molar-refractivity contribution is 5.43. The van der Waals surface area contributed by atoms with Gasteiger partial charge in [-0.2, -0.15) is 0 Å². The van der Waals surface area contributed by atoms with Crippen LogP contribution in [0.4, 0.5) is 0 Å². The summed E-state index contributed by atoms with van der Waals surface area (Å²) in [6.45, 7) is 2.00. The Balaban J connectivity index is 2.51. The predicted molar refractivity (Wildman–Crippen MR) is 77.4 cm³/mol. The molecule has 22 heavy (non-hydrogen) atoms. The predicted octanol–water partition coefficient (Wildman–Crippen LogP) is 2.15. The highest BCUT2D eigenvalue weighted by atomic mass is 16.3. The summed E-state index contributed by atoms with van der Waals surface area (Å²) in [5.41, 5.74) is 0. The minimum Gasteiger partial charge on any atom is -0.503 e. The molecule has 8 heteroatoms. The molecule has 0 amide bonds. The van der Waals surface area contributed by atoms with Gasteiger partial charge in [0.1, 0.15) is 6.17 Å². The Bertz CT molecular complexity index is 609. The quantitative estimate of drug-likeness (QED) is 0.453. The summed E-state index contributed by atoms with van der Waals surface area (Å²) < 4.78 is 1.95. The first-order valence-electron chi connectivity index (χ1n) is 7.02. The van der Waals surface area contributed by atoms with Gasteiger partial charge in [0, 0.05) is 12.1 Å². The number of hydrogen-bond donors (Lipinski definition) is 6. The van der Waals surface area contributed by atoms with Crippen LogP contribution in [-0.4, -0.2) is 39.8 Å². The SMILES string of the molecule is CCCCCC(n1c(O)cc(O)c1O)n1c(O)cc(O)c1O. The van der Waals surface area contributed by atoms with Gasteiger partial charge >= 0.3 is 0 Å². The fourth-order valence-electron chi connectivity index (χ4n) is 2.51. The molecule has 0 aliphatic heterocycles. The van der Waals surface area contributed by atoms with E-state index >= 15 is 0 Å². The first-order chi connectivity index (χ1) is 10.4. The van der Waals surface area contributed by atoms with Crippen LogP contribution in [0.5, 0.6) is 35.0 Å². The number of unbranched alkanes of at least 4 members (excludes halogenated alkanes) is 2. The second-order valence-corrected chi connectivity index (χ2v) is 5.14. The van der Waals surface area contributed by atoms with E-state index in [1.165, 1.54) is 0 Å². The van der Waals surface area contributed by atoms with Gasteiger partial charge in [-0.1, -0.05) is 19.8 Å². The zero-order valence-corrected chi connectivity index (χ0v) is 12.1. The molecule has 2 rings (SSSR count). The summed E-state index contributed by atoms with van der Waals surface area (Å²) in [4.78, 5) is 0. The molecule has 0 aromatic carbocycles. The van der Waals surface area contributed by atoms with Crippen molar-refractivity contribution in [2.24, 2.45) is 0 Å². The number of rotatable bonds is 6. The fourth-order valence-corrected chi connectivity index (χ4v) is 2.51. The standard InChI is InChI=1S/C14H20N2O6/c1-2-3-4-5-10(15-11(19)6-8(17)13(15)21)16-12(20)7-9(18)14(16)22/h6-7,10,17-22H,2-5H2,1H3. The van der Waals surface area contributed by atoms with Crippen LogP contribution in [0.15, 0.2) is 12.1 Å². The van der Waals surface area contributed by atoms with Crippen molar-refractivity contribution in [2.45, 2.75) is 38.8 Å². The largest absolute Gasteiger partial charge is 0.503 e. The van der Waals surface area contributed by atoms with Crippen molar-refractivity contribution in [1.29, 1.82) is 0 Å². The molecule has 0 fully saturated rings. The zero-order valence-electron chi connectivity index (χ0n) is 12.1. The maximum absolute atomic E-state index is 9.91. The van der Waals surface area contributed by atoms with Crippen LogP contribution in [0.2, 0.25) is 0 Å². The van der Waals surface area contributed by atoms with Crippen molar-refractivity contribution in [3.05, 3.63) is 12.1 Å². The Morgan fingerprint density at radius 1 is 0.818 bits per heavy atom. The molecule has 2 heterocycles. The molecule has 0 radical (unpaired) electrons. The molecule has 0 unspecified atom stereocenters. The van der Waals surface area contributed by atoms with E-state index < -0.39 is 41.2 Å². The van der Waals surface area contributed by atoms with Gasteiger partial charge in [0.15, 0.2) is 23.3 Å². The molecule has 122 valence electrons. The normalized spacial score (nSPS) is 11.4. The van der Waals surface area contributed by atoms with Gasteiger partial charge in [-0.05, 0) is 12.8 Å². The van der Waals surface area contributed by atoms with Crippen LogP contribution in [0, 0.1) is 0 Å². The number of nitrogens with zero attached hydrogens (tertiary/aromatic N) is 2. The maximum atomic E-state index is 9.91. The van der Waals surface area contributed by atoms with Crippen LogP contribution in [-0.2, 0) is 0 Å². The van der Waals surface area contributed by atoms with Crippen LogP contribution < -0.4 is 0 Å². The Labute approximate surface area is 126 Å². The van der Waals surface area contributed by atoms with E-state index in [0.717, 1.165) is 34.1 Å². The topological polar surface area (TPSA) is 131 Å². The van der Waals surface area contributed by atoms with Crippen molar-refractivity contribution in [2.75, 3.05) is 0 Å². The van der Waals surface area contributed by atoms with E-state index in [1.807, 2.05) is 6.92 Å². The Morgan fingerprint density at radius 2 is 1.27 bits per heavy atom. The van der Waals surface area contributed by atoms with Gasteiger partial charge < -0.3 is 30.6 Å². The Hall–Kier alpha value is -2.64. The Kier molecular flexibility index (Phi) is 4.30. The molecule has 0 bridgehead atoms. The third kappa shape index (κ3) is 2.59. The second-order valence-electron chi connectivity index (χ2n) is 5.14. The summed E-state index contributed by atoms with van der Waals surface area (Å²) in [6, 6.07) is 1.92. The lowest BCUT2D eigenvalue weighted by Crippen LogP contribution is -2.17. The maximum Gasteiger partial charge on any atom is 0.239 e. The molecular formula is C14H20N2O6. The van der Waals surface area contributed by atoms with Gasteiger partial charge in [0.05, 0.1) is 0 Å². The summed E-state index contributed by atoms with van der Waals surface area (Å²) in [7, 11) is 0. The van der Waals surface area contributed by atoms with Gasteiger partial charge in [0.2, 0.25) is 11.8 Å². The third-order valence-electron chi connectivity index (χ3n) is 3.60. The smallest absolute Gasteiger partial charge is 0.239 e. The van der Waals surface area contributed by atoms with Crippen LogP contribution in [0.3, 0.4) is 0 Å². The molecule has 0 saturated carbocycles. The van der Waals surface area contributed by atoms with Crippen molar-refractivity contribution < 1.29 is 30.6 Å². The van der Waals surface area contributed by atoms with Crippen molar-refractivity contribution in [3.8, 4) is 35.0 Å². The van der Waals surface area contributed by atoms with E-state index in [1.54, 1.807) is 0 Å². The first-order valence-corrected chi connectivity index (χ1v) is 7.02. The molecule has 8 nitrogen and oxygen atoms in total. The van der Waals surface area contributed by atoms with Crippen LogP contribution >= 0.6 is 0 Å². The minimum absolute atomic E-state index is 0.346. The molecule has 0 aliphatic carbocycles. The molecule has 2 aromatic rings. The molecule has 0 atom stereocenters. The van der Waals surface area contributed by atoms with Crippen LogP contribution in [0.25, 0.3) is 0 Å². The number of aromatic hydroxyl groups is 6. The second kappa shape index (κ2) is 6.00. The monoisotopic (exact) mass is 312 g/mol. The van der Waals surface area contributed by atoms with Gasteiger partial charge in [-0.3, -0.25) is 9.13 Å². The summed E-state index contributed by atoms with van der Waals surface area (Å²) in [6.07, 6.45) is 1.90. The van der Waals surface area contributed by atoms with E-state index in [2.05, 4.69) is 0 Å². The van der Waals surface area contributed by atoms with E-state index in [-0.39, 0.29) is 0 Å².